The molecule has 3 rings (SSSR count). The fraction of sp³-hybridized carbons (Fsp3) is 0.333. The number of hydrogen-bond acceptors (Lipinski definition) is 5. The van der Waals surface area contributed by atoms with Crippen LogP contribution < -0.4 is 14.8 Å². The summed E-state index contributed by atoms with van der Waals surface area (Å²) in [6.45, 7) is 1.64. The van der Waals surface area contributed by atoms with E-state index in [1.54, 1.807) is 0 Å². The fourth-order valence-corrected chi connectivity index (χ4v) is 2.56. The van der Waals surface area contributed by atoms with Gasteiger partial charge in [-0.25, -0.2) is 8.78 Å². The Balaban J connectivity index is 1.66. The first kappa shape index (κ1) is 17.1. The predicted molar refractivity (Wildman–Crippen MR) is 86.2 cm³/mol. The van der Waals surface area contributed by atoms with Crippen LogP contribution in [0.2, 0.25) is 0 Å². The van der Waals surface area contributed by atoms with Crippen molar-refractivity contribution in [2.45, 2.75) is 25.6 Å². The number of hydrogen-bond donors (Lipinski definition) is 1. The van der Waals surface area contributed by atoms with Crippen LogP contribution >= 0.6 is 0 Å². The quantitative estimate of drug-likeness (QED) is 0.902. The van der Waals surface area contributed by atoms with E-state index >= 15 is 0 Å². The van der Waals surface area contributed by atoms with Gasteiger partial charge in [-0.3, -0.25) is 4.98 Å². The molecule has 130 valence electrons. The largest absolute Gasteiger partial charge is 0.487 e. The van der Waals surface area contributed by atoms with Gasteiger partial charge in [0.25, 0.3) is 0 Å². The maximum Gasteiger partial charge on any atom is 0.183 e. The molecule has 0 amide bonds. The first-order valence-corrected chi connectivity index (χ1v) is 8.00. The van der Waals surface area contributed by atoms with Gasteiger partial charge in [0, 0.05) is 6.07 Å². The van der Waals surface area contributed by atoms with Gasteiger partial charge in [0.05, 0.1) is 23.5 Å². The second kappa shape index (κ2) is 7.90. The molecule has 0 bridgehead atoms. The Kier molecular flexibility index (Phi) is 5.41. The zero-order chi connectivity index (χ0) is 17.6. The second-order valence-electron chi connectivity index (χ2n) is 5.72. The highest BCUT2D eigenvalue weighted by Gasteiger charge is 2.17. The number of piperidine rings is 1. The van der Waals surface area contributed by atoms with Gasteiger partial charge in [-0.1, -0.05) is 0 Å². The number of nitriles is 1. The summed E-state index contributed by atoms with van der Waals surface area (Å²) in [5, 5.41) is 11.9. The van der Waals surface area contributed by atoms with Crippen LogP contribution in [-0.2, 0) is 6.61 Å². The molecule has 2 aromatic rings. The number of pyridine rings is 1. The van der Waals surface area contributed by atoms with Crippen molar-refractivity contribution < 1.29 is 18.3 Å². The lowest BCUT2D eigenvalue weighted by atomic mass is 10.1. The van der Waals surface area contributed by atoms with Gasteiger partial charge in [-0.2, -0.15) is 5.26 Å². The molecule has 2 heterocycles. The van der Waals surface area contributed by atoms with Crippen LogP contribution in [0.15, 0.2) is 30.5 Å². The van der Waals surface area contributed by atoms with Crippen molar-refractivity contribution in [3.63, 3.8) is 0 Å². The summed E-state index contributed by atoms with van der Waals surface area (Å²) in [7, 11) is 0. The standard InChI is InChI=1S/C18H17F2N3O2/c19-15-7-12(9-21)1-2-17(15)24-11-13-8-18(16(20)10-23-13)25-14-3-5-22-6-4-14/h1-2,7-8,10,14,22H,3-6,11H2. The molecule has 1 saturated heterocycles. The van der Waals surface area contributed by atoms with Crippen molar-refractivity contribution in [3.05, 3.63) is 53.4 Å². The van der Waals surface area contributed by atoms with Crippen LogP contribution in [0.3, 0.4) is 0 Å². The van der Waals surface area contributed by atoms with E-state index < -0.39 is 11.6 Å². The zero-order valence-corrected chi connectivity index (χ0v) is 13.5. The summed E-state index contributed by atoms with van der Waals surface area (Å²) < 4.78 is 38.8. The highest BCUT2D eigenvalue weighted by atomic mass is 19.1. The van der Waals surface area contributed by atoms with Gasteiger partial charge in [0.15, 0.2) is 23.1 Å². The highest BCUT2D eigenvalue weighted by Crippen LogP contribution is 2.23. The third-order valence-corrected chi connectivity index (χ3v) is 3.89. The lowest BCUT2D eigenvalue weighted by molar-refractivity contribution is 0.155. The number of benzene rings is 1. The lowest BCUT2D eigenvalue weighted by Gasteiger charge is -2.24. The van der Waals surface area contributed by atoms with Gasteiger partial charge >= 0.3 is 0 Å². The number of nitrogens with one attached hydrogen (secondary N) is 1. The van der Waals surface area contributed by atoms with Crippen LogP contribution in [0.5, 0.6) is 11.5 Å². The van der Waals surface area contributed by atoms with Crippen molar-refractivity contribution in [2.75, 3.05) is 13.1 Å². The summed E-state index contributed by atoms with van der Waals surface area (Å²) in [5.74, 6) is -1.04. The summed E-state index contributed by atoms with van der Waals surface area (Å²) in [6, 6.07) is 7.26. The minimum absolute atomic E-state index is 0.00551. The Bertz CT molecular complexity index is 786. The van der Waals surface area contributed by atoms with Gasteiger partial charge in [0.2, 0.25) is 0 Å². The predicted octanol–water partition coefficient (Wildman–Crippen LogP) is 2.94. The number of aromatic nitrogens is 1. The highest BCUT2D eigenvalue weighted by molar-refractivity contribution is 5.36. The van der Waals surface area contributed by atoms with E-state index in [4.69, 9.17) is 14.7 Å². The van der Waals surface area contributed by atoms with Crippen molar-refractivity contribution in [1.82, 2.24) is 10.3 Å². The molecule has 0 spiro atoms. The maximum atomic E-state index is 13.9. The number of ether oxygens (including phenoxy) is 2. The van der Waals surface area contributed by atoms with E-state index in [1.165, 1.54) is 18.2 Å². The zero-order valence-electron chi connectivity index (χ0n) is 13.5. The minimum Gasteiger partial charge on any atom is -0.487 e. The molecular weight excluding hydrogens is 328 g/mol. The third-order valence-electron chi connectivity index (χ3n) is 3.89. The third kappa shape index (κ3) is 4.43. The van der Waals surface area contributed by atoms with E-state index in [0.717, 1.165) is 38.2 Å². The molecule has 1 aliphatic rings. The Hall–Kier alpha value is -2.72. The van der Waals surface area contributed by atoms with Gasteiger partial charge < -0.3 is 14.8 Å². The molecule has 1 aliphatic heterocycles. The molecule has 1 N–H and O–H groups in total. The molecule has 5 nitrogen and oxygen atoms in total. The maximum absolute atomic E-state index is 13.9. The van der Waals surface area contributed by atoms with Crippen molar-refractivity contribution in [1.29, 1.82) is 5.26 Å². The molecular formula is C18H17F2N3O2. The number of rotatable bonds is 5. The van der Waals surface area contributed by atoms with E-state index in [2.05, 4.69) is 10.3 Å². The van der Waals surface area contributed by atoms with Crippen LogP contribution in [0.25, 0.3) is 0 Å². The van der Waals surface area contributed by atoms with E-state index in [9.17, 15) is 8.78 Å². The van der Waals surface area contributed by atoms with Crippen LogP contribution in [-0.4, -0.2) is 24.2 Å². The Morgan fingerprint density at radius 1 is 1.16 bits per heavy atom. The SMILES string of the molecule is N#Cc1ccc(OCc2cc(OC3CCNCC3)c(F)cn2)c(F)c1. The van der Waals surface area contributed by atoms with Gasteiger partial charge in [-0.05, 0) is 44.1 Å². The summed E-state index contributed by atoms with van der Waals surface area (Å²) in [4.78, 5) is 3.94. The van der Waals surface area contributed by atoms with Crippen LogP contribution in [0, 0.1) is 23.0 Å². The smallest absolute Gasteiger partial charge is 0.183 e. The monoisotopic (exact) mass is 345 g/mol. The molecule has 1 fully saturated rings. The molecule has 7 heteroatoms. The summed E-state index contributed by atoms with van der Waals surface area (Å²) in [5.41, 5.74) is 0.636. The Labute approximate surface area is 144 Å². The summed E-state index contributed by atoms with van der Waals surface area (Å²) in [6.07, 6.45) is 2.65. The molecule has 0 atom stereocenters. The molecule has 0 unspecified atom stereocenters. The molecule has 0 radical (unpaired) electrons. The van der Waals surface area contributed by atoms with Crippen LogP contribution in [0.4, 0.5) is 8.78 Å². The second-order valence-corrected chi connectivity index (χ2v) is 5.72. The lowest BCUT2D eigenvalue weighted by Crippen LogP contribution is -2.34. The number of nitrogens with zero attached hydrogens (tertiary/aromatic N) is 2. The minimum atomic E-state index is -0.632. The van der Waals surface area contributed by atoms with E-state index in [1.807, 2.05) is 6.07 Å². The first-order valence-electron chi connectivity index (χ1n) is 8.00. The molecule has 1 aromatic heterocycles. The van der Waals surface area contributed by atoms with Crippen molar-refractivity contribution in [2.24, 2.45) is 0 Å². The Morgan fingerprint density at radius 3 is 2.68 bits per heavy atom. The van der Waals surface area contributed by atoms with Gasteiger partial charge in [-0.15, -0.1) is 0 Å². The molecule has 1 aromatic carbocycles. The first-order chi connectivity index (χ1) is 12.2. The van der Waals surface area contributed by atoms with Crippen LogP contribution in [0.1, 0.15) is 24.1 Å². The Morgan fingerprint density at radius 2 is 1.96 bits per heavy atom. The van der Waals surface area contributed by atoms with E-state index in [0.29, 0.717) is 5.69 Å². The summed E-state index contributed by atoms with van der Waals surface area (Å²) >= 11 is 0. The van der Waals surface area contributed by atoms with E-state index in [-0.39, 0.29) is 29.8 Å². The molecule has 0 aliphatic carbocycles. The average Bonchev–Trinajstić information content (AvgIpc) is 2.64. The van der Waals surface area contributed by atoms with Gasteiger partial charge in [0.1, 0.15) is 12.7 Å². The molecule has 25 heavy (non-hydrogen) atoms. The average molecular weight is 345 g/mol. The van der Waals surface area contributed by atoms with Crippen molar-refractivity contribution in [3.8, 4) is 17.6 Å². The topological polar surface area (TPSA) is 67.2 Å². The number of halogens is 2. The van der Waals surface area contributed by atoms with Crippen molar-refractivity contribution >= 4 is 0 Å². The normalized spacial score (nSPS) is 14.8. The molecule has 0 saturated carbocycles. The fourth-order valence-electron chi connectivity index (χ4n) is 2.56.